The molecule has 1 fully saturated rings. The number of rotatable bonds is 8. The standard InChI is InChI=1S/C30H32N2O3S/c1-2-5-24(18-29(33)34)22-8-10-25(11-9-22)35-21-26-19-31-28(36-26)20-32-16-14-30(15-17-32)13-12-23-6-3-4-7-27(23)30/h3-4,6-11,19,24H,12-18,20-21H2,1H3,(H,33,34)/t24-/m0/s1. The van der Waals surface area contributed by atoms with E-state index >= 15 is 0 Å². The van der Waals surface area contributed by atoms with Gasteiger partial charge in [-0.05, 0) is 79.9 Å². The second-order valence-electron chi connectivity index (χ2n) is 9.84. The zero-order chi connectivity index (χ0) is 25.0. The highest BCUT2D eigenvalue weighted by Crippen LogP contribution is 2.46. The average molecular weight is 501 g/mol. The molecule has 2 aromatic carbocycles. The van der Waals surface area contributed by atoms with E-state index in [4.69, 9.17) is 9.84 Å². The molecule has 0 radical (unpaired) electrons. The summed E-state index contributed by atoms with van der Waals surface area (Å²) in [6.45, 7) is 5.35. The minimum absolute atomic E-state index is 0.00399. The van der Waals surface area contributed by atoms with Crippen molar-refractivity contribution in [3.05, 3.63) is 81.3 Å². The summed E-state index contributed by atoms with van der Waals surface area (Å²) in [5.41, 5.74) is 4.44. The first-order valence-corrected chi connectivity index (χ1v) is 13.5. The van der Waals surface area contributed by atoms with Gasteiger partial charge in [-0.15, -0.1) is 17.3 Å². The summed E-state index contributed by atoms with van der Waals surface area (Å²) < 4.78 is 5.97. The molecular weight excluding hydrogens is 468 g/mol. The first-order valence-electron chi connectivity index (χ1n) is 12.7. The normalized spacial score (nSPS) is 17.2. The summed E-state index contributed by atoms with van der Waals surface area (Å²) in [5, 5.41) is 10.3. The molecule has 2 heterocycles. The highest BCUT2D eigenvalue weighted by molar-refractivity contribution is 7.11. The smallest absolute Gasteiger partial charge is 0.304 e. The van der Waals surface area contributed by atoms with E-state index in [1.165, 1.54) is 25.7 Å². The number of carboxylic acid groups (broad SMARTS) is 1. The Kier molecular flexibility index (Phi) is 7.41. The topological polar surface area (TPSA) is 62.7 Å². The molecule has 1 aromatic heterocycles. The molecule has 0 unspecified atom stereocenters. The number of hydrogen-bond acceptors (Lipinski definition) is 5. The van der Waals surface area contributed by atoms with Crippen LogP contribution in [0.25, 0.3) is 0 Å². The number of aliphatic carboxylic acids is 1. The quantitative estimate of drug-likeness (QED) is 0.397. The molecule has 36 heavy (non-hydrogen) atoms. The Morgan fingerprint density at radius 3 is 2.69 bits per heavy atom. The molecule has 1 aliphatic heterocycles. The number of thiazole rings is 1. The molecule has 186 valence electrons. The number of likely N-dealkylation sites (tertiary alicyclic amines) is 1. The zero-order valence-electron chi connectivity index (χ0n) is 20.7. The molecule has 1 aliphatic carbocycles. The minimum atomic E-state index is -0.850. The maximum Gasteiger partial charge on any atom is 0.304 e. The van der Waals surface area contributed by atoms with Crippen molar-refractivity contribution in [3.8, 4) is 17.6 Å². The summed E-state index contributed by atoms with van der Waals surface area (Å²) in [4.78, 5) is 19.4. The molecule has 6 heteroatoms. The molecule has 5 nitrogen and oxygen atoms in total. The summed E-state index contributed by atoms with van der Waals surface area (Å²) in [5.74, 6) is 5.41. The monoisotopic (exact) mass is 500 g/mol. The van der Waals surface area contributed by atoms with Crippen LogP contribution in [-0.2, 0) is 29.8 Å². The molecule has 0 saturated carbocycles. The van der Waals surface area contributed by atoms with Gasteiger partial charge in [0.15, 0.2) is 0 Å². The Balaban J connectivity index is 1.12. The van der Waals surface area contributed by atoms with Gasteiger partial charge in [0.05, 0.1) is 23.8 Å². The van der Waals surface area contributed by atoms with Crippen LogP contribution in [0.3, 0.4) is 0 Å². The van der Waals surface area contributed by atoms with Crippen LogP contribution in [0.4, 0.5) is 0 Å². The lowest BCUT2D eigenvalue weighted by molar-refractivity contribution is -0.137. The van der Waals surface area contributed by atoms with Gasteiger partial charge in [-0.1, -0.05) is 42.3 Å². The van der Waals surface area contributed by atoms with Gasteiger partial charge in [0, 0.05) is 6.20 Å². The van der Waals surface area contributed by atoms with Crippen LogP contribution in [-0.4, -0.2) is 34.0 Å². The number of piperidine rings is 1. The Morgan fingerprint density at radius 2 is 1.94 bits per heavy atom. The summed E-state index contributed by atoms with van der Waals surface area (Å²) in [7, 11) is 0. The maximum atomic E-state index is 11.1. The van der Waals surface area contributed by atoms with Crippen molar-refractivity contribution in [2.24, 2.45) is 0 Å². The number of nitrogens with zero attached hydrogens (tertiary/aromatic N) is 2. The van der Waals surface area contributed by atoms with Crippen LogP contribution in [0.5, 0.6) is 5.75 Å². The molecule has 1 saturated heterocycles. The van der Waals surface area contributed by atoms with Gasteiger partial charge in [0.1, 0.15) is 17.4 Å². The summed E-state index contributed by atoms with van der Waals surface area (Å²) in [6, 6.07) is 16.6. The SMILES string of the molecule is CC#C[C@@H](CC(=O)O)c1ccc(OCc2cnc(CN3CCC4(CCc5ccccc54)CC3)s2)cc1. The fourth-order valence-electron chi connectivity index (χ4n) is 5.65. The lowest BCUT2D eigenvalue weighted by Gasteiger charge is -2.40. The Labute approximate surface area is 217 Å². The number of fused-ring (bicyclic) bond motifs is 2. The van der Waals surface area contributed by atoms with Crippen molar-refractivity contribution >= 4 is 17.3 Å². The fourth-order valence-corrected chi connectivity index (χ4v) is 6.53. The Bertz CT molecular complexity index is 1260. The molecular formula is C30H32N2O3S. The maximum absolute atomic E-state index is 11.1. The van der Waals surface area contributed by atoms with Gasteiger partial charge >= 0.3 is 5.97 Å². The van der Waals surface area contributed by atoms with E-state index in [1.54, 1.807) is 29.4 Å². The highest BCUT2D eigenvalue weighted by atomic mass is 32.1. The third-order valence-corrected chi connectivity index (χ3v) is 8.55. The van der Waals surface area contributed by atoms with E-state index in [0.29, 0.717) is 12.0 Å². The van der Waals surface area contributed by atoms with Gasteiger partial charge in [-0.3, -0.25) is 9.69 Å². The summed E-state index contributed by atoms with van der Waals surface area (Å²) >= 11 is 1.72. The average Bonchev–Trinajstić information content (AvgIpc) is 3.49. The first kappa shape index (κ1) is 24.5. The van der Waals surface area contributed by atoms with E-state index in [0.717, 1.165) is 40.8 Å². The van der Waals surface area contributed by atoms with E-state index in [1.807, 2.05) is 30.5 Å². The lowest BCUT2D eigenvalue weighted by atomic mass is 9.74. The van der Waals surface area contributed by atoms with Crippen molar-refractivity contribution < 1.29 is 14.6 Å². The Morgan fingerprint density at radius 1 is 1.17 bits per heavy atom. The second kappa shape index (κ2) is 10.9. The molecule has 1 spiro atoms. The fraction of sp³-hybridized carbons (Fsp3) is 0.400. The molecule has 3 aromatic rings. The third-order valence-electron chi connectivity index (χ3n) is 7.60. The van der Waals surface area contributed by atoms with Crippen molar-refractivity contribution in [1.82, 2.24) is 9.88 Å². The van der Waals surface area contributed by atoms with Crippen molar-refractivity contribution in [1.29, 1.82) is 0 Å². The first-order chi connectivity index (χ1) is 17.5. The number of benzene rings is 2. The van der Waals surface area contributed by atoms with Crippen LogP contribution >= 0.6 is 11.3 Å². The third kappa shape index (κ3) is 5.48. The van der Waals surface area contributed by atoms with Gasteiger partial charge in [-0.2, -0.15) is 0 Å². The van der Waals surface area contributed by atoms with Crippen molar-refractivity contribution in [2.45, 2.75) is 63.5 Å². The largest absolute Gasteiger partial charge is 0.488 e. The number of carbonyl (C=O) groups is 1. The van der Waals surface area contributed by atoms with E-state index < -0.39 is 5.97 Å². The van der Waals surface area contributed by atoms with Crippen LogP contribution in [0.15, 0.2) is 54.7 Å². The molecule has 2 aliphatic rings. The van der Waals surface area contributed by atoms with E-state index in [2.05, 4.69) is 46.0 Å². The van der Waals surface area contributed by atoms with Gasteiger partial charge < -0.3 is 9.84 Å². The van der Waals surface area contributed by atoms with Gasteiger partial charge in [0.2, 0.25) is 0 Å². The number of aromatic nitrogens is 1. The molecule has 0 amide bonds. The van der Waals surface area contributed by atoms with E-state index in [9.17, 15) is 4.79 Å². The molecule has 1 N–H and O–H groups in total. The number of hydrogen-bond donors (Lipinski definition) is 1. The van der Waals surface area contributed by atoms with Crippen LogP contribution < -0.4 is 4.74 Å². The summed E-state index contributed by atoms with van der Waals surface area (Å²) in [6.07, 6.45) is 6.91. The Hall–Kier alpha value is -3.14. The predicted octanol–water partition coefficient (Wildman–Crippen LogP) is 5.78. The van der Waals surface area contributed by atoms with Crippen LogP contribution in [0.2, 0.25) is 0 Å². The van der Waals surface area contributed by atoms with Crippen molar-refractivity contribution in [2.75, 3.05) is 13.1 Å². The van der Waals surface area contributed by atoms with Crippen LogP contribution in [0, 0.1) is 11.8 Å². The lowest BCUT2D eigenvalue weighted by Crippen LogP contribution is -2.41. The number of carboxylic acids is 1. The van der Waals surface area contributed by atoms with Crippen LogP contribution in [0.1, 0.15) is 65.1 Å². The van der Waals surface area contributed by atoms with E-state index in [-0.39, 0.29) is 12.3 Å². The van der Waals surface area contributed by atoms with Gasteiger partial charge in [0.25, 0.3) is 0 Å². The number of ether oxygens (including phenoxy) is 1. The van der Waals surface area contributed by atoms with Gasteiger partial charge in [-0.25, -0.2) is 4.98 Å². The molecule has 5 rings (SSSR count). The van der Waals surface area contributed by atoms with Crippen molar-refractivity contribution in [3.63, 3.8) is 0 Å². The highest BCUT2D eigenvalue weighted by Gasteiger charge is 2.40. The predicted molar refractivity (Wildman–Crippen MR) is 142 cm³/mol. The number of aryl methyl sites for hydroxylation is 1. The minimum Gasteiger partial charge on any atom is -0.488 e. The second-order valence-corrected chi connectivity index (χ2v) is 11.0. The zero-order valence-corrected chi connectivity index (χ0v) is 21.5. The molecule has 0 bridgehead atoms. The molecule has 1 atom stereocenters.